The Balaban J connectivity index is 1.92. The third kappa shape index (κ3) is 5.10. The lowest BCUT2D eigenvalue weighted by Crippen LogP contribution is -2.30. The molecule has 6 nitrogen and oxygen atoms in total. The first-order valence-corrected chi connectivity index (χ1v) is 10.1. The zero-order chi connectivity index (χ0) is 21.5. The van der Waals surface area contributed by atoms with Gasteiger partial charge in [-0.1, -0.05) is 34.1 Å². The second-order valence-corrected chi connectivity index (χ2v) is 7.42. The van der Waals surface area contributed by atoms with Crippen LogP contribution in [0.15, 0.2) is 65.3 Å². The molecule has 30 heavy (non-hydrogen) atoms. The Morgan fingerprint density at radius 3 is 2.17 bits per heavy atom. The number of ketones is 1. The fraction of sp³-hybridized carbons (Fsp3) is 0.217. The summed E-state index contributed by atoms with van der Waals surface area (Å²) in [5.74, 6) is 2.36. The molecule has 0 aliphatic carbocycles. The largest absolute Gasteiger partial charge is 0.493 e. The summed E-state index contributed by atoms with van der Waals surface area (Å²) in [5, 5.41) is 0. The predicted molar refractivity (Wildman–Crippen MR) is 120 cm³/mol. The molecule has 0 unspecified atom stereocenters. The van der Waals surface area contributed by atoms with Crippen LogP contribution in [0.3, 0.4) is 0 Å². The molecule has 0 aliphatic heterocycles. The SMILES string of the molecule is COc1cc(CN(CC(=O)c2ccc(Br)cc2)c2ccccn2)cc(OC)c1OC. The summed E-state index contributed by atoms with van der Waals surface area (Å²) in [7, 11) is 4.72. The Kier molecular flexibility index (Phi) is 7.30. The smallest absolute Gasteiger partial charge is 0.203 e. The standard InChI is InChI=1S/C23H23BrN2O4/c1-28-20-12-16(13-21(29-2)23(20)30-3)14-26(22-6-4-5-11-25-22)15-19(27)17-7-9-18(24)10-8-17/h4-13H,14-15H2,1-3H3. The Hall–Kier alpha value is -3.06. The Morgan fingerprint density at radius 2 is 1.63 bits per heavy atom. The summed E-state index contributed by atoms with van der Waals surface area (Å²) in [6.45, 7) is 0.616. The third-order valence-corrected chi connectivity index (χ3v) is 5.10. The number of halogens is 1. The zero-order valence-electron chi connectivity index (χ0n) is 17.1. The quantitative estimate of drug-likeness (QED) is 0.420. The van der Waals surface area contributed by atoms with Gasteiger partial charge in [0, 0.05) is 22.8 Å². The molecular formula is C23H23BrN2O4. The molecule has 156 valence electrons. The highest BCUT2D eigenvalue weighted by Crippen LogP contribution is 2.38. The molecule has 0 spiro atoms. The molecule has 7 heteroatoms. The van der Waals surface area contributed by atoms with Gasteiger partial charge in [0.25, 0.3) is 0 Å². The second-order valence-electron chi connectivity index (χ2n) is 6.51. The van der Waals surface area contributed by atoms with E-state index in [2.05, 4.69) is 20.9 Å². The van der Waals surface area contributed by atoms with Gasteiger partial charge in [-0.2, -0.15) is 0 Å². The summed E-state index contributed by atoms with van der Waals surface area (Å²) in [6, 6.07) is 16.7. The van der Waals surface area contributed by atoms with Crippen molar-refractivity contribution in [3.05, 3.63) is 76.4 Å². The van der Waals surface area contributed by atoms with Crippen molar-refractivity contribution in [1.82, 2.24) is 4.98 Å². The number of nitrogens with zero attached hydrogens (tertiary/aromatic N) is 2. The lowest BCUT2D eigenvalue weighted by Gasteiger charge is -2.24. The number of carbonyl (C=O) groups excluding carboxylic acids is 1. The van der Waals surface area contributed by atoms with Crippen molar-refractivity contribution in [1.29, 1.82) is 0 Å². The van der Waals surface area contributed by atoms with Gasteiger partial charge < -0.3 is 19.1 Å². The summed E-state index contributed by atoms with van der Waals surface area (Å²) >= 11 is 3.40. The van der Waals surface area contributed by atoms with E-state index in [1.54, 1.807) is 27.5 Å². The van der Waals surface area contributed by atoms with E-state index in [1.807, 2.05) is 59.5 Å². The molecule has 0 atom stereocenters. The van der Waals surface area contributed by atoms with Crippen molar-refractivity contribution in [3.63, 3.8) is 0 Å². The molecule has 1 heterocycles. The van der Waals surface area contributed by atoms with Gasteiger partial charge in [0.05, 0.1) is 27.9 Å². The maximum Gasteiger partial charge on any atom is 0.203 e. The van der Waals surface area contributed by atoms with Crippen LogP contribution in [0.25, 0.3) is 0 Å². The molecule has 0 N–H and O–H groups in total. The summed E-state index contributed by atoms with van der Waals surface area (Å²) in [4.78, 5) is 19.3. The van der Waals surface area contributed by atoms with E-state index in [0.29, 0.717) is 35.2 Å². The number of Topliss-reactive ketones (excluding diaryl/α,β-unsaturated/α-hetero) is 1. The van der Waals surface area contributed by atoms with Crippen molar-refractivity contribution < 1.29 is 19.0 Å². The average Bonchev–Trinajstić information content (AvgIpc) is 2.78. The highest BCUT2D eigenvalue weighted by atomic mass is 79.9. The summed E-state index contributed by atoms with van der Waals surface area (Å²) in [5.41, 5.74) is 1.54. The van der Waals surface area contributed by atoms with Crippen molar-refractivity contribution in [3.8, 4) is 17.2 Å². The van der Waals surface area contributed by atoms with Gasteiger partial charge in [0.15, 0.2) is 17.3 Å². The van der Waals surface area contributed by atoms with Gasteiger partial charge in [-0.3, -0.25) is 4.79 Å². The third-order valence-electron chi connectivity index (χ3n) is 4.57. The topological polar surface area (TPSA) is 60.9 Å². The van der Waals surface area contributed by atoms with Crippen LogP contribution in [0.5, 0.6) is 17.2 Å². The van der Waals surface area contributed by atoms with Crippen LogP contribution in [0.4, 0.5) is 5.82 Å². The molecule has 0 aliphatic rings. The zero-order valence-corrected chi connectivity index (χ0v) is 18.7. The lowest BCUT2D eigenvalue weighted by molar-refractivity contribution is 0.0998. The van der Waals surface area contributed by atoms with E-state index in [1.165, 1.54) is 0 Å². The molecule has 0 saturated heterocycles. The Labute approximate surface area is 184 Å². The first-order chi connectivity index (χ1) is 14.5. The molecule has 0 amide bonds. The van der Waals surface area contributed by atoms with Gasteiger partial charge >= 0.3 is 0 Å². The number of pyridine rings is 1. The van der Waals surface area contributed by atoms with E-state index < -0.39 is 0 Å². The number of ether oxygens (including phenoxy) is 3. The fourth-order valence-electron chi connectivity index (χ4n) is 3.11. The van der Waals surface area contributed by atoms with Crippen LogP contribution in [-0.2, 0) is 6.54 Å². The number of hydrogen-bond acceptors (Lipinski definition) is 6. The Morgan fingerprint density at radius 1 is 0.967 bits per heavy atom. The summed E-state index contributed by atoms with van der Waals surface area (Å²) < 4.78 is 17.2. The minimum atomic E-state index is 0.000551. The first kappa shape index (κ1) is 21.6. The molecule has 0 radical (unpaired) electrons. The molecule has 1 aromatic heterocycles. The van der Waals surface area contributed by atoms with Crippen molar-refractivity contribution in [2.75, 3.05) is 32.8 Å². The number of aromatic nitrogens is 1. The van der Waals surface area contributed by atoms with Crippen LogP contribution in [0.2, 0.25) is 0 Å². The van der Waals surface area contributed by atoms with E-state index >= 15 is 0 Å². The molecule has 0 saturated carbocycles. The maximum atomic E-state index is 12.9. The highest BCUT2D eigenvalue weighted by molar-refractivity contribution is 9.10. The van der Waals surface area contributed by atoms with Crippen LogP contribution >= 0.6 is 15.9 Å². The number of benzene rings is 2. The van der Waals surface area contributed by atoms with Crippen molar-refractivity contribution >= 4 is 27.5 Å². The monoisotopic (exact) mass is 470 g/mol. The van der Waals surface area contributed by atoms with Crippen LogP contribution in [0.1, 0.15) is 15.9 Å². The molecule has 0 fully saturated rings. The Bertz CT molecular complexity index is 969. The summed E-state index contributed by atoms with van der Waals surface area (Å²) in [6.07, 6.45) is 1.71. The average molecular weight is 471 g/mol. The van der Waals surface area contributed by atoms with Gasteiger partial charge in [0.2, 0.25) is 5.75 Å². The van der Waals surface area contributed by atoms with Crippen molar-refractivity contribution in [2.45, 2.75) is 6.54 Å². The minimum Gasteiger partial charge on any atom is -0.493 e. The highest BCUT2D eigenvalue weighted by Gasteiger charge is 2.18. The van der Waals surface area contributed by atoms with E-state index in [-0.39, 0.29) is 12.3 Å². The van der Waals surface area contributed by atoms with Crippen LogP contribution < -0.4 is 19.1 Å². The van der Waals surface area contributed by atoms with Gasteiger partial charge in [0.1, 0.15) is 5.82 Å². The first-order valence-electron chi connectivity index (χ1n) is 9.29. The molecular weight excluding hydrogens is 448 g/mol. The maximum absolute atomic E-state index is 12.9. The van der Waals surface area contributed by atoms with Gasteiger partial charge in [-0.15, -0.1) is 0 Å². The number of carbonyl (C=O) groups is 1. The molecule has 2 aromatic carbocycles. The van der Waals surface area contributed by atoms with Gasteiger partial charge in [-0.25, -0.2) is 4.98 Å². The van der Waals surface area contributed by atoms with Crippen LogP contribution in [0, 0.1) is 0 Å². The minimum absolute atomic E-state index is 0.000551. The molecule has 3 aromatic rings. The van der Waals surface area contributed by atoms with E-state index in [4.69, 9.17) is 14.2 Å². The number of methoxy groups -OCH3 is 3. The second kappa shape index (κ2) is 10.1. The number of hydrogen-bond donors (Lipinski definition) is 0. The van der Waals surface area contributed by atoms with Gasteiger partial charge in [-0.05, 0) is 42.0 Å². The fourth-order valence-corrected chi connectivity index (χ4v) is 3.37. The van der Waals surface area contributed by atoms with Crippen molar-refractivity contribution in [2.24, 2.45) is 0 Å². The molecule has 3 rings (SSSR count). The van der Waals surface area contributed by atoms with E-state index in [9.17, 15) is 4.79 Å². The molecule has 0 bridgehead atoms. The normalized spacial score (nSPS) is 10.4. The number of rotatable bonds is 9. The van der Waals surface area contributed by atoms with E-state index in [0.717, 1.165) is 10.0 Å². The van der Waals surface area contributed by atoms with Crippen LogP contribution in [-0.4, -0.2) is 38.6 Å². The lowest BCUT2D eigenvalue weighted by atomic mass is 10.1. The number of anilines is 1. The predicted octanol–water partition coefficient (Wildman–Crippen LogP) is 4.76.